The highest BCUT2D eigenvalue weighted by molar-refractivity contribution is 6.22. The Labute approximate surface area is 114 Å². The van der Waals surface area contributed by atoms with E-state index >= 15 is 0 Å². The first-order chi connectivity index (χ1) is 8.90. The molecule has 0 N–H and O–H groups in total. The van der Waals surface area contributed by atoms with Gasteiger partial charge in [0.05, 0.1) is 5.38 Å². The number of alkyl halides is 1. The van der Waals surface area contributed by atoms with E-state index in [4.69, 9.17) is 11.6 Å². The molecule has 0 nitrogen and oxygen atoms in total. The maximum absolute atomic E-state index is 13.2. The van der Waals surface area contributed by atoms with E-state index < -0.39 is 22.8 Å². The van der Waals surface area contributed by atoms with Gasteiger partial charge in [0.1, 0.15) is 0 Å². The highest BCUT2D eigenvalue weighted by Crippen LogP contribution is 2.33. The summed E-state index contributed by atoms with van der Waals surface area (Å²) in [6, 6.07) is 7.52. The molecule has 0 aliphatic rings. The lowest BCUT2D eigenvalue weighted by molar-refractivity contribution is 0.445. The predicted molar refractivity (Wildman–Crippen MR) is 69.9 cm³/mol. The van der Waals surface area contributed by atoms with E-state index in [0.29, 0.717) is 0 Å². The van der Waals surface area contributed by atoms with Crippen LogP contribution in [0.1, 0.15) is 27.6 Å². The molecule has 0 aliphatic carbocycles. The molecule has 0 aliphatic heterocycles. The average molecular weight is 285 g/mol. The minimum atomic E-state index is -1.48. The molecule has 0 amide bonds. The van der Waals surface area contributed by atoms with Gasteiger partial charge >= 0.3 is 0 Å². The zero-order chi connectivity index (χ0) is 14.2. The fourth-order valence-corrected chi connectivity index (χ4v) is 2.30. The lowest BCUT2D eigenvalue weighted by atomic mass is 9.98. The summed E-state index contributed by atoms with van der Waals surface area (Å²) < 4.78 is 39.4. The third kappa shape index (κ3) is 2.76. The van der Waals surface area contributed by atoms with Crippen molar-refractivity contribution in [3.8, 4) is 0 Å². The first kappa shape index (κ1) is 13.9. The quantitative estimate of drug-likeness (QED) is 0.535. The molecule has 4 heteroatoms. The molecule has 0 saturated heterocycles. The SMILES string of the molecule is Cc1ccc(C)c(C(Cl)c2cc(F)c(F)c(F)c2)c1. The number of aryl methyl sites for hydroxylation is 2. The third-order valence-electron chi connectivity index (χ3n) is 3.01. The third-order valence-corrected chi connectivity index (χ3v) is 3.49. The van der Waals surface area contributed by atoms with Crippen molar-refractivity contribution >= 4 is 11.6 Å². The van der Waals surface area contributed by atoms with E-state index in [1.165, 1.54) is 0 Å². The summed E-state index contributed by atoms with van der Waals surface area (Å²) in [5.74, 6) is -3.94. The second-order valence-corrected chi connectivity index (χ2v) is 4.96. The predicted octanol–water partition coefficient (Wildman–Crippen LogP) is 5.05. The molecule has 0 spiro atoms. The largest absolute Gasteiger partial charge is 0.204 e. The highest BCUT2D eigenvalue weighted by atomic mass is 35.5. The van der Waals surface area contributed by atoms with Crippen LogP contribution in [0.15, 0.2) is 30.3 Å². The molecule has 1 unspecified atom stereocenters. The van der Waals surface area contributed by atoms with E-state index in [-0.39, 0.29) is 5.56 Å². The van der Waals surface area contributed by atoms with E-state index in [2.05, 4.69) is 0 Å². The maximum atomic E-state index is 13.2. The van der Waals surface area contributed by atoms with Gasteiger partial charge in [-0.1, -0.05) is 23.8 Å². The molecule has 0 bridgehead atoms. The van der Waals surface area contributed by atoms with Crippen LogP contribution < -0.4 is 0 Å². The smallest absolute Gasteiger partial charge is 0.194 e. The minimum absolute atomic E-state index is 0.201. The number of hydrogen-bond acceptors (Lipinski definition) is 0. The van der Waals surface area contributed by atoms with E-state index in [9.17, 15) is 13.2 Å². The summed E-state index contributed by atoms with van der Waals surface area (Å²) in [5, 5.41) is -0.718. The summed E-state index contributed by atoms with van der Waals surface area (Å²) >= 11 is 6.25. The molecule has 19 heavy (non-hydrogen) atoms. The summed E-state index contributed by atoms with van der Waals surface area (Å²) in [6.07, 6.45) is 0. The number of halogens is 4. The van der Waals surface area contributed by atoms with Gasteiger partial charge in [-0.25, -0.2) is 13.2 Å². The fraction of sp³-hybridized carbons (Fsp3) is 0.200. The Bertz CT molecular complexity index is 600. The average Bonchev–Trinajstić information content (AvgIpc) is 2.37. The first-order valence-corrected chi connectivity index (χ1v) is 6.19. The summed E-state index contributed by atoms with van der Waals surface area (Å²) in [5.41, 5.74) is 2.86. The van der Waals surface area contributed by atoms with E-state index in [1.807, 2.05) is 32.0 Å². The van der Waals surface area contributed by atoms with Crippen molar-refractivity contribution in [2.24, 2.45) is 0 Å². The molecule has 0 fully saturated rings. The minimum Gasteiger partial charge on any atom is -0.204 e. The number of hydrogen-bond donors (Lipinski definition) is 0. The Kier molecular flexibility index (Phi) is 3.85. The van der Waals surface area contributed by atoms with Gasteiger partial charge in [0.25, 0.3) is 0 Å². The number of benzene rings is 2. The van der Waals surface area contributed by atoms with Crippen molar-refractivity contribution in [2.45, 2.75) is 19.2 Å². The Balaban J connectivity index is 2.49. The molecule has 0 saturated carbocycles. The molecule has 0 aromatic heterocycles. The second-order valence-electron chi connectivity index (χ2n) is 4.52. The highest BCUT2D eigenvalue weighted by Gasteiger charge is 2.18. The maximum Gasteiger partial charge on any atom is 0.194 e. The lowest BCUT2D eigenvalue weighted by Gasteiger charge is -2.14. The van der Waals surface area contributed by atoms with Crippen LogP contribution in [-0.2, 0) is 0 Å². The van der Waals surface area contributed by atoms with Gasteiger partial charge in [0.2, 0.25) is 0 Å². The zero-order valence-electron chi connectivity index (χ0n) is 10.5. The molecule has 2 rings (SSSR count). The lowest BCUT2D eigenvalue weighted by Crippen LogP contribution is -2.01. The molecule has 1 atom stereocenters. The molecular weight excluding hydrogens is 273 g/mol. The zero-order valence-corrected chi connectivity index (χ0v) is 11.2. The topological polar surface area (TPSA) is 0 Å². The van der Waals surface area contributed by atoms with Gasteiger partial charge in [-0.2, -0.15) is 0 Å². The van der Waals surface area contributed by atoms with Gasteiger partial charge in [-0.15, -0.1) is 11.6 Å². The van der Waals surface area contributed by atoms with Crippen molar-refractivity contribution in [2.75, 3.05) is 0 Å². The van der Waals surface area contributed by atoms with Crippen molar-refractivity contribution < 1.29 is 13.2 Å². The van der Waals surface area contributed by atoms with E-state index in [0.717, 1.165) is 28.8 Å². The van der Waals surface area contributed by atoms with Crippen molar-refractivity contribution in [3.63, 3.8) is 0 Å². The molecule has 2 aromatic carbocycles. The molecule has 100 valence electrons. The van der Waals surface area contributed by atoms with Crippen molar-refractivity contribution in [1.29, 1.82) is 0 Å². The van der Waals surface area contributed by atoms with Crippen molar-refractivity contribution in [1.82, 2.24) is 0 Å². The summed E-state index contributed by atoms with van der Waals surface area (Å²) in [7, 11) is 0. The van der Waals surface area contributed by atoms with Crippen LogP contribution in [0.3, 0.4) is 0 Å². The van der Waals surface area contributed by atoms with Gasteiger partial charge in [0.15, 0.2) is 17.5 Å². The van der Waals surface area contributed by atoms with Crippen LogP contribution in [0.25, 0.3) is 0 Å². The molecule has 2 aromatic rings. The standard InChI is InChI=1S/C15H12ClF3/c1-8-3-4-9(2)11(5-8)14(16)10-6-12(17)15(19)13(18)7-10/h3-7,14H,1-2H3. The van der Waals surface area contributed by atoms with Crippen LogP contribution >= 0.6 is 11.6 Å². The summed E-state index contributed by atoms with van der Waals surface area (Å²) in [6.45, 7) is 3.76. The Morgan fingerprint density at radius 3 is 2.11 bits per heavy atom. The van der Waals surface area contributed by atoms with Gasteiger partial charge in [-0.05, 0) is 42.7 Å². The Hall–Kier alpha value is -1.48. The first-order valence-electron chi connectivity index (χ1n) is 5.76. The van der Waals surface area contributed by atoms with Crippen LogP contribution in [0.4, 0.5) is 13.2 Å². The fourth-order valence-electron chi connectivity index (χ4n) is 1.93. The van der Waals surface area contributed by atoms with Crippen molar-refractivity contribution in [3.05, 3.63) is 70.0 Å². The van der Waals surface area contributed by atoms with Gasteiger partial charge in [-0.3, -0.25) is 0 Å². The second kappa shape index (κ2) is 5.25. The van der Waals surface area contributed by atoms with Gasteiger partial charge in [0, 0.05) is 0 Å². The summed E-state index contributed by atoms with van der Waals surface area (Å²) in [4.78, 5) is 0. The molecular formula is C15H12ClF3. The Morgan fingerprint density at radius 2 is 1.53 bits per heavy atom. The molecule has 0 radical (unpaired) electrons. The van der Waals surface area contributed by atoms with Crippen LogP contribution in [0.2, 0.25) is 0 Å². The van der Waals surface area contributed by atoms with Gasteiger partial charge < -0.3 is 0 Å². The monoisotopic (exact) mass is 284 g/mol. The van der Waals surface area contributed by atoms with Crippen LogP contribution in [0.5, 0.6) is 0 Å². The normalized spacial score (nSPS) is 12.5. The Morgan fingerprint density at radius 1 is 0.947 bits per heavy atom. The van der Waals surface area contributed by atoms with Crippen LogP contribution in [0, 0.1) is 31.3 Å². The number of rotatable bonds is 2. The molecule has 0 heterocycles. The van der Waals surface area contributed by atoms with E-state index in [1.54, 1.807) is 0 Å². The van der Waals surface area contributed by atoms with Crippen LogP contribution in [-0.4, -0.2) is 0 Å².